The van der Waals surface area contributed by atoms with E-state index >= 15 is 0 Å². The fraction of sp³-hybridized carbons (Fsp3) is 0.222. The van der Waals surface area contributed by atoms with E-state index in [4.69, 9.17) is 8.83 Å². The normalized spacial score (nSPS) is 10.2. The molecule has 0 atom stereocenters. The summed E-state index contributed by atoms with van der Waals surface area (Å²) in [6, 6.07) is 4.26. The molecule has 0 saturated carbocycles. The predicted molar refractivity (Wildman–Crippen MR) is 47.3 cm³/mol. The van der Waals surface area contributed by atoms with E-state index in [0.717, 1.165) is 11.5 Å². The van der Waals surface area contributed by atoms with Crippen molar-refractivity contribution in [3.8, 4) is 0 Å². The number of nitrogens with zero attached hydrogens (tertiary/aromatic N) is 1. The molecular formula is C9H10N2O2. The highest BCUT2D eigenvalue weighted by molar-refractivity contribution is 5.21. The highest BCUT2D eigenvalue weighted by Gasteiger charge is 2.00. The van der Waals surface area contributed by atoms with Crippen LogP contribution in [-0.4, -0.2) is 4.98 Å². The van der Waals surface area contributed by atoms with Crippen molar-refractivity contribution in [1.82, 2.24) is 4.98 Å². The lowest BCUT2D eigenvalue weighted by Gasteiger charge is -1.96. The number of rotatable bonds is 3. The van der Waals surface area contributed by atoms with E-state index in [1.54, 1.807) is 12.5 Å². The van der Waals surface area contributed by atoms with Crippen molar-refractivity contribution in [3.05, 3.63) is 36.1 Å². The SMILES string of the molecule is Cc1coc(NCc2ccco2)n1. The van der Waals surface area contributed by atoms with Gasteiger partial charge in [0.1, 0.15) is 12.0 Å². The van der Waals surface area contributed by atoms with Crippen molar-refractivity contribution in [1.29, 1.82) is 0 Å². The number of aromatic nitrogens is 1. The van der Waals surface area contributed by atoms with Crippen LogP contribution in [0, 0.1) is 6.92 Å². The van der Waals surface area contributed by atoms with Crippen LogP contribution in [0.4, 0.5) is 6.01 Å². The van der Waals surface area contributed by atoms with Gasteiger partial charge in [-0.15, -0.1) is 0 Å². The van der Waals surface area contributed by atoms with Gasteiger partial charge in [0, 0.05) is 0 Å². The molecule has 0 aromatic carbocycles. The molecule has 4 heteroatoms. The number of hydrogen-bond donors (Lipinski definition) is 1. The Bertz CT molecular complexity index is 365. The molecule has 4 nitrogen and oxygen atoms in total. The topological polar surface area (TPSA) is 51.2 Å². The molecule has 0 spiro atoms. The van der Waals surface area contributed by atoms with Crippen molar-refractivity contribution in [2.75, 3.05) is 5.32 Å². The Labute approximate surface area is 75.6 Å². The summed E-state index contributed by atoms with van der Waals surface area (Å²) < 4.78 is 10.2. The predicted octanol–water partition coefficient (Wildman–Crippen LogP) is 2.19. The third-order valence-electron chi connectivity index (χ3n) is 1.61. The molecule has 2 aromatic rings. The largest absolute Gasteiger partial charge is 0.467 e. The zero-order chi connectivity index (χ0) is 9.10. The lowest BCUT2D eigenvalue weighted by Crippen LogP contribution is -1.97. The molecule has 0 saturated heterocycles. The number of furan rings is 1. The summed E-state index contributed by atoms with van der Waals surface area (Å²) >= 11 is 0. The minimum absolute atomic E-state index is 0.522. The van der Waals surface area contributed by atoms with E-state index in [2.05, 4.69) is 10.3 Å². The molecule has 0 fully saturated rings. The fourth-order valence-corrected chi connectivity index (χ4v) is 1.01. The quantitative estimate of drug-likeness (QED) is 0.782. The molecule has 2 aromatic heterocycles. The molecular weight excluding hydrogens is 168 g/mol. The maximum atomic E-state index is 5.13. The Kier molecular flexibility index (Phi) is 2.04. The molecule has 0 radical (unpaired) electrons. The van der Waals surface area contributed by atoms with Crippen LogP contribution in [-0.2, 0) is 6.54 Å². The Morgan fingerprint density at radius 3 is 3.00 bits per heavy atom. The Balaban J connectivity index is 1.93. The summed E-state index contributed by atoms with van der Waals surface area (Å²) in [4.78, 5) is 4.09. The number of nitrogens with one attached hydrogen (secondary N) is 1. The van der Waals surface area contributed by atoms with Gasteiger partial charge in [0.25, 0.3) is 6.01 Å². The van der Waals surface area contributed by atoms with Crippen LogP contribution in [0.25, 0.3) is 0 Å². The third-order valence-corrected chi connectivity index (χ3v) is 1.61. The number of anilines is 1. The van der Waals surface area contributed by atoms with Gasteiger partial charge in [0.2, 0.25) is 0 Å². The van der Waals surface area contributed by atoms with Gasteiger partial charge in [-0.1, -0.05) is 0 Å². The van der Waals surface area contributed by atoms with Crippen LogP contribution < -0.4 is 5.32 Å². The smallest absolute Gasteiger partial charge is 0.295 e. The van der Waals surface area contributed by atoms with E-state index in [1.807, 2.05) is 19.1 Å². The van der Waals surface area contributed by atoms with Crippen LogP contribution in [0.2, 0.25) is 0 Å². The van der Waals surface area contributed by atoms with Crippen molar-refractivity contribution < 1.29 is 8.83 Å². The Hall–Kier alpha value is -1.71. The zero-order valence-electron chi connectivity index (χ0n) is 7.28. The average molecular weight is 178 g/mol. The minimum Gasteiger partial charge on any atom is -0.467 e. The van der Waals surface area contributed by atoms with Gasteiger partial charge < -0.3 is 14.2 Å². The first-order valence-electron chi connectivity index (χ1n) is 4.03. The molecule has 13 heavy (non-hydrogen) atoms. The minimum atomic E-state index is 0.522. The number of oxazole rings is 1. The van der Waals surface area contributed by atoms with Crippen molar-refractivity contribution in [3.63, 3.8) is 0 Å². The van der Waals surface area contributed by atoms with Gasteiger partial charge in [-0.05, 0) is 19.1 Å². The Morgan fingerprint density at radius 2 is 2.38 bits per heavy atom. The van der Waals surface area contributed by atoms with E-state index in [1.165, 1.54) is 0 Å². The van der Waals surface area contributed by atoms with Gasteiger partial charge in [-0.2, -0.15) is 4.98 Å². The molecule has 68 valence electrons. The van der Waals surface area contributed by atoms with Gasteiger partial charge >= 0.3 is 0 Å². The second kappa shape index (κ2) is 3.35. The lowest BCUT2D eigenvalue weighted by atomic mass is 10.4. The molecule has 0 unspecified atom stereocenters. The van der Waals surface area contributed by atoms with Crippen molar-refractivity contribution in [2.24, 2.45) is 0 Å². The highest BCUT2D eigenvalue weighted by atomic mass is 16.4. The zero-order valence-corrected chi connectivity index (χ0v) is 7.28. The maximum Gasteiger partial charge on any atom is 0.295 e. The first-order valence-corrected chi connectivity index (χ1v) is 4.03. The standard InChI is InChI=1S/C9H10N2O2/c1-7-6-13-9(11-7)10-5-8-3-2-4-12-8/h2-4,6H,5H2,1H3,(H,10,11). The summed E-state index contributed by atoms with van der Waals surface area (Å²) in [6.07, 6.45) is 3.24. The van der Waals surface area contributed by atoms with Crippen LogP contribution >= 0.6 is 0 Å². The van der Waals surface area contributed by atoms with Crippen LogP contribution in [0.5, 0.6) is 0 Å². The number of hydrogen-bond acceptors (Lipinski definition) is 4. The third kappa shape index (κ3) is 1.90. The highest BCUT2D eigenvalue weighted by Crippen LogP contribution is 2.08. The average Bonchev–Trinajstić information content (AvgIpc) is 2.71. The molecule has 2 heterocycles. The van der Waals surface area contributed by atoms with Crippen LogP contribution in [0.1, 0.15) is 11.5 Å². The molecule has 0 aliphatic rings. The van der Waals surface area contributed by atoms with E-state index < -0.39 is 0 Å². The number of aryl methyl sites for hydroxylation is 1. The van der Waals surface area contributed by atoms with Crippen LogP contribution in [0.3, 0.4) is 0 Å². The molecule has 0 amide bonds. The van der Waals surface area contributed by atoms with Gasteiger partial charge in [0.05, 0.1) is 18.5 Å². The van der Waals surface area contributed by atoms with Crippen molar-refractivity contribution in [2.45, 2.75) is 13.5 Å². The van der Waals surface area contributed by atoms with Gasteiger partial charge in [-0.3, -0.25) is 0 Å². The summed E-state index contributed by atoms with van der Waals surface area (Å²) in [5.41, 5.74) is 0.863. The summed E-state index contributed by atoms with van der Waals surface area (Å²) in [5.74, 6) is 0.857. The molecule has 0 bridgehead atoms. The first-order chi connectivity index (χ1) is 6.34. The summed E-state index contributed by atoms with van der Waals surface area (Å²) in [7, 11) is 0. The van der Waals surface area contributed by atoms with E-state index in [9.17, 15) is 0 Å². The fourth-order valence-electron chi connectivity index (χ4n) is 1.01. The van der Waals surface area contributed by atoms with E-state index in [-0.39, 0.29) is 0 Å². The Morgan fingerprint density at radius 1 is 1.46 bits per heavy atom. The van der Waals surface area contributed by atoms with Crippen LogP contribution in [0.15, 0.2) is 33.5 Å². The molecule has 0 aliphatic carbocycles. The first kappa shape index (κ1) is 7.91. The lowest BCUT2D eigenvalue weighted by molar-refractivity contribution is 0.509. The molecule has 1 N–H and O–H groups in total. The molecule has 2 rings (SSSR count). The summed E-state index contributed by atoms with van der Waals surface area (Å²) in [5, 5.41) is 3.00. The second-order valence-corrected chi connectivity index (χ2v) is 2.73. The monoisotopic (exact) mass is 178 g/mol. The van der Waals surface area contributed by atoms with E-state index in [0.29, 0.717) is 12.6 Å². The second-order valence-electron chi connectivity index (χ2n) is 2.73. The van der Waals surface area contributed by atoms with Gasteiger partial charge in [-0.25, -0.2) is 0 Å². The molecule has 0 aliphatic heterocycles. The van der Waals surface area contributed by atoms with Gasteiger partial charge in [0.15, 0.2) is 0 Å². The maximum absolute atomic E-state index is 5.13. The van der Waals surface area contributed by atoms with Crippen molar-refractivity contribution >= 4 is 6.01 Å². The summed E-state index contributed by atoms with van der Waals surface area (Å²) in [6.45, 7) is 2.47.